The average Bonchev–Trinajstić information content (AvgIpc) is 2.55. The van der Waals surface area contributed by atoms with E-state index >= 15 is 0 Å². The van der Waals surface area contributed by atoms with Crippen molar-refractivity contribution in [2.24, 2.45) is 0 Å². The lowest BCUT2D eigenvalue weighted by Crippen LogP contribution is -2.50. The molecule has 1 N–H and O–H groups in total. The van der Waals surface area contributed by atoms with Gasteiger partial charge in [-0.15, -0.1) is 0 Å². The van der Waals surface area contributed by atoms with Crippen molar-refractivity contribution in [2.45, 2.75) is 6.04 Å². The van der Waals surface area contributed by atoms with Gasteiger partial charge in [0.05, 0.1) is 6.04 Å². The lowest BCUT2D eigenvalue weighted by molar-refractivity contribution is 0.153. The highest BCUT2D eigenvalue weighted by Crippen LogP contribution is 2.26. The van der Waals surface area contributed by atoms with Crippen molar-refractivity contribution in [3.63, 3.8) is 0 Å². The molecule has 0 amide bonds. The first-order chi connectivity index (χ1) is 11.1. The van der Waals surface area contributed by atoms with Crippen molar-refractivity contribution in [1.29, 1.82) is 0 Å². The second-order valence-corrected chi connectivity index (χ2v) is 7.12. The van der Waals surface area contributed by atoms with Crippen LogP contribution in [0.25, 0.3) is 0 Å². The molecule has 3 rings (SSSR count). The van der Waals surface area contributed by atoms with Crippen LogP contribution in [0.3, 0.4) is 0 Å². The average molecular weight is 390 g/mol. The van der Waals surface area contributed by atoms with E-state index in [9.17, 15) is 0 Å². The molecule has 23 heavy (non-hydrogen) atoms. The number of nitrogens with zero attached hydrogens (tertiary/aromatic N) is 2. The van der Waals surface area contributed by atoms with Crippen molar-refractivity contribution >= 4 is 38.9 Å². The van der Waals surface area contributed by atoms with Crippen LogP contribution in [0, 0.1) is 0 Å². The number of thiocarbonyl (C=S) groups is 1. The molecule has 1 atom stereocenters. The van der Waals surface area contributed by atoms with Crippen molar-refractivity contribution in [1.82, 2.24) is 9.80 Å². The zero-order valence-corrected chi connectivity index (χ0v) is 15.5. The van der Waals surface area contributed by atoms with E-state index in [1.807, 2.05) is 24.3 Å². The molecule has 0 unspecified atom stereocenters. The summed E-state index contributed by atoms with van der Waals surface area (Å²) in [5.41, 5.74) is 2.31. The fraction of sp³-hybridized carbons (Fsp3) is 0.278. The summed E-state index contributed by atoms with van der Waals surface area (Å²) in [5, 5.41) is 4.16. The lowest BCUT2D eigenvalue weighted by Gasteiger charge is -2.41. The summed E-state index contributed by atoms with van der Waals surface area (Å²) in [6, 6.07) is 19.0. The molecule has 0 aliphatic carbocycles. The van der Waals surface area contributed by atoms with Gasteiger partial charge in [0.25, 0.3) is 0 Å². The zero-order valence-electron chi connectivity index (χ0n) is 13.1. The Morgan fingerprint density at radius 3 is 2.65 bits per heavy atom. The molecule has 120 valence electrons. The second-order valence-electron chi connectivity index (χ2n) is 5.82. The molecule has 1 saturated heterocycles. The van der Waals surface area contributed by atoms with Gasteiger partial charge in [-0.3, -0.25) is 0 Å². The second kappa shape index (κ2) is 7.43. The summed E-state index contributed by atoms with van der Waals surface area (Å²) in [6.45, 7) is 2.92. The summed E-state index contributed by atoms with van der Waals surface area (Å²) in [5.74, 6) is 0. The third-order valence-corrected chi connectivity index (χ3v) is 4.93. The Hall–Kier alpha value is -1.43. The van der Waals surface area contributed by atoms with E-state index in [1.54, 1.807) is 0 Å². The van der Waals surface area contributed by atoms with Gasteiger partial charge in [0.1, 0.15) is 0 Å². The number of anilines is 1. The maximum Gasteiger partial charge on any atom is 0.174 e. The van der Waals surface area contributed by atoms with E-state index in [4.69, 9.17) is 12.2 Å². The Kier molecular flexibility index (Phi) is 5.30. The number of likely N-dealkylation sites (N-methyl/N-ethyl adjacent to an activating group) is 1. The van der Waals surface area contributed by atoms with Crippen LogP contribution in [-0.2, 0) is 0 Å². The summed E-state index contributed by atoms with van der Waals surface area (Å²) < 4.78 is 1.04. The molecular formula is C18H20BrN3S. The molecule has 0 spiro atoms. The minimum Gasteiger partial charge on any atom is -0.339 e. The molecule has 1 fully saturated rings. The van der Waals surface area contributed by atoms with E-state index in [1.165, 1.54) is 5.56 Å². The molecule has 1 aliphatic heterocycles. The molecule has 3 nitrogen and oxygen atoms in total. The van der Waals surface area contributed by atoms with E-state index in [-0.39, 0.29) is 6.04 Å². The number of piperazine rings is 1. The van der Waals surface area contributed by atoms with Crippen molar-refractivity contribution in [2.75, 3.05) is 32.0 Å². The first kappa shape index (κ1) is 16.4. The molecule has 2 aromatic carbocycles. The van der Waals surface area contributed by atoms with Crippen LogP contribution >= 0.6 is 28.1 Å². The molecule has 0 bridgehead atoms. The number of hydrogen-bond donors (Lipinski definition) is 1. The van der Waals surface area contributed by atoms with Gasteiger partial charge in [-0.25, -0.2) is 0 Å². The van der Waals surface area contributed by atoms with Crippen LogP contribution in [0.2, 0.25) is 0 Å². The Bertz CT molecular complexity index is 677. The van der Waals surface area contributed by atoms with Crippen LogP contribution in [0.15, 0.2) is 59.1 Å². The van der Waals surface area contributed by atoms with Gasteiger partial charge < -0.3 is 15.1 Å². The summed E-state index contributed by atoms with van der Waals surface area (Å²) in [4.78, 5) is 4.65. The predicted molar refractivity (Wildman–Crippen MR) is 104 cm³/mol. The fourth-order valence-corrected chi connectivity index (χ4v) is 3.62. The summed E-state index contributed by atoms with van der Waals surface area (Å²) in [7, 11) is 2.16. The highest BCUT2D eigenvalue weighted by Gasteiger charge is 2.28. The van der Waals surface area contributed by atoms with Crippen LogP contribution in [0.4, 0.5) is 5.69 Å². The molecule has 1 aliphatic rings. The van der Waals surface area contributed by atoms with E-state index in [2.05, 4.69) is 68.4 Å². The van der Waals surface area contributed by atoms with Gasteiger partial charge in [0, 0.05) is 29.8 Å². The predicted octanol–water partition coefficient (Wildman–Crippen LogP) is 4.13. The highest BCUT2D eigenvalue weighted by molar-refractivity contribution is 9.10. The monoisotopic (exact) mass is 389 g/mol. The van der Waals surface area contributed by atoms with Gasteiger partial charge in [-0.2, -0.15) is 0 Å². The third kappa shape index (κ3) is 4.10. The van der Waals surface area contributed by atoms with Gasteiger partial charge >= 0.3 is 0 Å². The summed E-state index contributed by atoms with van der Waals surface area (Å²) >= 11 is 9.20. The fourth-order valence-electron chi connectivity index (χ4n) is 2.88. The number of benzene rings is 2. The standard InChI is InChI=1S/C18H20BrN3S/c1-21-10-11-22(17(13-21)14-6-3-2-4-7-14)18(23)20-16-9-5-8-15(19)12-16/h2-9,12,17H,10-11,13H2,1H3,(H,20,23)/t17-/m1/s1. The summed E-state index contributed by atoms with van der Waals surface area (Å²) in [6.07, 6.45) is 0. The number of halogens is 1. The van der Waals surface area contributed by atoms with Crippen molar-refractivity contribution < 1.29 is 0 Å². The first-order valence-electron chi connectivity index (χ1n) is 7.70. The topological polar surface area (TPSA) is 18.5 Å². The Balaban J connectivity index is 1.79. The quantitative estimate of drug-likeness (QED) is 0.777. The van der Waals surface area contributed by atoms with Gasteiger partial charge in [-0.1, -0.05) is 52.3 Å². The molecule has 5 heteroatoms. The minimum absolute atomic E-state index is 0.280. The largest absolute Gasteiger partial charge is 0.339 e. The maximum absolute atomic E-state index is 5.70. The van der Waals surface area contributed by atoms with Crippen molar-refractivity contribution in [3.8, 4) is 0 Å². The number of hydrogen-bond acceptors (Lipinski definition) is 2. The molecular weight excluding hydrogens is 370 g/mol. The zero-order chi connectivity index (χ0) is 16.2. The molecule has 2 aromatic rings. The van der Waals surface area contributed by atoms with E-state index < -0.39 is 0 Å². The molecule has 0 saturated carbocycles. The van der Waals surface area contributed by atoms with Crippen LogP contribution < -0.4 is 5.32 Å². The van der Waals surface area contributed by atoms with Gasteiger partial charge in [0.15, 0.2) is 5.11 Å². The van der Waals surface area contributed by atoms with E-state index in [0.717, 1.165) is 34.9 Å². The van der Waals surface area contributed by atoms with Crippen LogP contribution in [0.5, 0.6) is 0 Å². The molecule has 0 radical (unpaired) electrons. The Morgan fingerprint density at radius 1 is 1.13 bits per heavy atom. The van der Waals surface area contributed by atoms with Gasteiger partial charge in [-0.05, 0) is 43.0 Å². The lowest BCUT2D eigenvalue weighted by atomic mass is 10.0. The molecule has 0 aromatic heterocycles. The SMILES string of the molecule is CN1CCN(C(=S)Nc2cccc(Br)c2)[C@@H](c2ccccc2)C1. The smallest absolute Gasteiger partial charge is 0.174 e. The van der Waals surface area contributed by atoms with E-state index in [0.29, 0.717) is 0 Å². The van der Waals surface area contributed by atoms with Gasteiger partial charge in [0.2, 0.25) is 0 Å². The number of rotatable bonds is 2. The molecule has 1 heterocycles. The number of nitrogens with one attached hydrogen (secondary N) is 1. The van der Waals surface area contributed by atoms with Crippen LogP contribution in [-0.4, -0.2) is 41.6 Å². The third-order valence-electron chi connectivity index (χ3n) is 4.10. The normalized spacial score (nSPS) is 18.7. The highest BCUT2D eigenvalue weighted by atomic mass is 79.9. The van der Waals surface area contributed by atoms with Crippen molar-refractivity contribution in [3.05, 3.63) is 64.6 Å². The van der Waals surface area contributed by atoms with Crippen LogP contribution in [0.1, 0.15) is 11.6 Å². The first-order valence-corrected chi connectivity index (χ1v) is 8.90. The Morgan fingerprint density at radius 2 is 1.91 bits per heavy atom. The minimum atomic E-state index is 0.280. The Labute approximate surface area is 151 Å². The maximum atomic E-state index is 5.70.